The number of aryl methyl sites for hydroxylation is 1. The molecule has 2 nitrogen and oxygen atoms in total. The molecule has 1 aromatic carbocycles. The van der Waals surface area contributed by atoms with Gasteiger partial charge in [-0.2, -0.15) is 0 Å². The van der Waals surface area contributed by atoms with Crippen LogP contribution < -0.4 is 0 Å². The van der Waals surface area contributed by atoms with Crippen molar-refractivity contribution >= 4 is 5.57 Å². The zero-order valence-electron chi connectivity index (χ0n) is 13.7. The van der Waals surface area contributed by atoms with Gasteiger partial charge in [0.25, 0.3) is 0 Å². The van der Waals surface area contributed by atoms with E-state index in [9.17, 15) is 0 Å². The lowest BCUT2D eigenvalue weighted by Crippen LogP contribution is -2.21. The third kappa shape index (κ3) is 3.78. The van der Waals surface area contributed by atoms with Crippen molar-refractivity contribution in [3.8, 4) is 0 Å². The molecular formula is C19H26N2. The van der Waals surface area contributed by atoms with Crippen LogP contribution in [0.25, 0.3) is 5.57 Å². The lowest BCUT2D eigenvalue weighted by atomic mass is 10.0. The van der Waals surface area contributed by atoms with Gasteiger partial charge in [-0.3, -0.25) is 0 Å². The van der Waals surface area contributed by atoms with Crippen LogP contribution in [0.2, 0.25) is 0 Å². The van der Waals surface area contributed by atoms with Gasteiger partial charge < -0.3 is 9.80 Å². The van der Waals surface area contributed by atoms with Crippen molar-refractivity contribution in [3.63, 3.8) is 0 Å². The molecule has 1 heterocycles. The molecular weight excluding hydrogens is 256 g/mol. The predicted octanol–water partition coefficient (Wildman–Crippen LogP) is 4.06. The van der Waals surface area contributed by atoms with Crippen molar-refractivity contribution in [1.29, 1.82) is 0 Å². The third-order valence-corrected chi connectivity index (χ3v) is 4.12. The van der Waals surface area contributed by atoms with Crippen molar-refractivity contribution < 1.29 is 0 Å². The second-order valence-electron chi connectivity index (χ2n) is 5.91. The molecule has 0 bridgehead atoms. The Bertz CT molecular complexity index is 581. The first-order valence-electron chi connectivity index (χ1n) is 7.56. The summed E-state index contributed by atoms with van der Waals surface area (Å²) in [5.41, 5.74) is 6.16. The maximum atomic E-state index is 4.24. The first-order valence-corrected chi connectivity index (χ1v) is 7.56. The lowest BCUT2D eigenvalue weighted by molar-refractivity contribution is 0.424. The number of hydrogen-bond donors (Lipinski definition) is 0. The van der Waals surface area contributed by atoms with Gasteiger partial charge in [0.15, 0.2) is 0 Å². The summed E-state index contributed by atoms with van der Waals surface area (Å²) in [5.74, 6) is 0. The minimum absolute atomic E-state index is 1.07. The maximum absolute atomic E-state index is 4.24. The number of rotatable bonds is 2. The number of nitrogens with zero attached hydrogens (tertiary/aromatic N) is 2. The summed E-state index contributed by atoms with van der Waals surface area (Å²) in [5, 5.41) is 0. The minimum atomic E-state index is 1.07. The number of hydrogen-bond acceptors (Lipinski definition) is 2. The van der Waals surface area contributed by atoms with E-state index in [0.717, 1.165) is 18.8 Å². The van der Waals surface area contributed by atoms with E-state index in [-0.39, 0.29) is 0 Å². The lowest BCUT2D eigenvalue weighted by Gasteiger charge is -2.24. The standard InChI is InChI=1S/C19H26N2/c1-15-8-6-9-18(14-15)16(2)10-11-19-17(3)20(4)12-7-13-21(19)5/h6,8-11,14H,3,7,12-13H2,1-2,4-5H3/b16-10+,19-11+. The average Bonchev–Trinajstić information content (AvgIpc) is 2.57. The van der Waals surface area contributed by atoms with E-state index in [1.54, 1.807) is 0 Å². The van der Waals surface area contributed by atoms with Crippen molar-refractivity contribution in [3.05, 3.63) is 65.5 Å². The molecule has 0 spiro atoms. The molecule has 2 heteroatoms. The molecule has 0 radical (unpaired) electrons. The van der Waals surface area contributed by atoms with Crippen LogP contribution in [0.1, 0.15) is 24.5 Å². The van der Waals surface area contributed by atoms with E-state index in [4.69, 9.17) is 0 Å². The molecule has 0 N–H and O–H groups in total. The molecule has 21 heavy (non-hydrogen) atoms. The normalized spacial score (nSPS) is 19.1. The number of allylic oxidation sites excluding steroid dienone is 3. The quantitative estimate of drug-likeness (QED) is 0.807. The Morgan fingerprint density at radius 2 is 1.90 bits per heavy atom. The van der Waals surface area contributed by atoms with Crippen molar-refractivity contribution in [1.82, 2.24) is 9.80 Å². The molecule has 0 atom stereocenters. The molecule has 0 aliphatic carbocycles. The van der Waals surface area contributed by atoms with E-state index < -0.39 is 0 Å². The molecule has 0 aromatic heterocycles. The van der Waals surface area contributed by atoms with E-state index in [1.165, 1.54) is 28.8 Å². The number of likely N-dealkylation sites (N-methyl/N-ethyl adjacent to an activating group) is 2. The van der Waals surface area contributed by atoms with Gasteiger partial charge in [0.1, 0.15) is 0 Å². The first kappa shape index (κ1) is 15.4. The van der Waals surface area contributed by atoms with Crippen LogP contribution in [0, 0.1) is 6.92 Å². The van der Waals surface area contributed by atoms with Gasteiger partial charge in [0, 0.05) is 27.2 Å². The Hall–Kier alpha value is -1.96. The summed E-state index contributed by atoms with van der Waals surface area (Å²) in [6.07, 6.45) is 5.57. The Morgan fingerprint density at radius 3 is 2.62 bits per heavy atom. The zero-order chi connectivity index (χ0) is 15.4. The smallest absolute Gasteiger partial charge is 0.0595 e. The molecule has 0 saturated carbocycles. The summed E-state index contributed by atoms with van der Waals surface area (Å²) in [6.45, 7) is 10.7. The van der Waals surface area contributed by atoms with Crippen LogP contribution in [0.3, 0.4) is 0 Å². The fourth-order valence-electron chi connectivity index (χ4n) is 2.63. The van der Waals surface area contributed by atoms with E-state index in [2.05, 4.69) is 80.7 Å². The predicted molar refractivity (Wildman–Crippen MR) is 91.9 cm³/mol. The second kappa shape index (κ2) is 6.66. The van der Waals surface area contributed by atoms with Gasteiger partial charge in [-0.1, -0.05) is 42.5 Å². The summed E-state index contributed by atoms with van der Waals surface area (Å²) in [4.78, 5) is 4.54. The van der Waals surface area contributed by atoms with Crippen LogP contribution in [-0.2, 0) is 0 Å². The topological polar surface area (TPSA) is 6.48 Å². The van der Waals surface area contributed by atoms with Gasteiger partial charge >= 0.3 is 0 Å². The highest BCUT2D eigenvalue weighted by molar-refractivity contribution is 5.66. The van der Waals surface area contributed by atoms with Gasteiger partial charge in [0.2, 0.25) is 0 Å². The molecule has 1 aliphatic rings. The SMILES string of the molecule is C=C1/C(=C\C=C(/C)c2cccc(C)c2)N(C)CCCN1C. The Labute approximate surface area is 129 Å². The van der Waals surface area contributed by atoms with E-state index in [0.29, 0.717) is 0 Å². The molecule has 1 fully saturated rings. The highest BCUT2D eigenvalue weighted by Gasteiger charge is 2.16. The summed E-state index contributed by atoms with van der Waals surface area (Å²) in [6, 6.07) is 8.63. The zero-order valence-corrected chi connectivity index (χ0v) is 13.7. The molecule has 1 aromatic rings. The van der Waals surface area contributed by atoms with Crippen LogP contribution in [0.4, 0.5) is 0 Å². The first-order chi connectivity index (χ1) is 9.99. The van der Waals surface area contributed by atoms with E-state index >= 15 is 0 Å². The molecule has 2 rings (SSSR count). The highest BCUT2D eigenvalue weighted by atomic mass is 15.2. The van der Waals surface area contributed by atoms with Crippen molar-refractivity contribution in [2.45, 2.75) is 20.3 Å². The maximum Gasteiger partial charge on any atom is 0.0595 e. The van der Waals surface area contributed by atoms with Gasteiger partial charge in [-0.25, -0.2) is 0 Å². The Morgan fingerprint density at radius 1 is 1.19 bits per heavy atom. The van der Waals surface area contributed by atoms with Gasteiger partial charge in [0.05, 0.1) is 11.4 Å². The Balaban J connectivity index is 2.28. The highest BCUT2D eigenvalue weighted by Crippen LogP contribution is 2.21. The molecule has 0 unspecified atom stereocenters. The minimum Gasteiger partial charge on any atom is -0.373 e. The van der Waals surface area contributed by atoms with Crippen LogP contribution >= 0.6 is 0 Å². The monoisotopic (exact) mass is 282 g/mol. The molecule has 0 amide bonds. The van der Waals surface area contributed by atoms with Crippen molar-refractivity contribution in [2.24, 2.45) is 0 Å². The van der Waals surface area contributed by atoms with Crippen molar-refractivity contribution in [2.75, 3.05) is 27.2 Å². The van der Waals surface area contributed by atoms with Crippen LogP contribution in [-0.4, -0.2) is 37.0 Å². The number of benzene rings is 1. The molecule has 112 valence electrons. The average molecular weight is 282 g/mol. The molecule has 1 aliphatic heterocycles. The van der Waals surface area contributed by atoms with Crippen LogP contribution in [0.5, 0.6) is 0 Å². The van der Waals surface area contributed by atoms with Crippen LogP contribution in [0.15, 0.2) is 54.4 Å². The summed E-state index contributed by atoms with van der Waals surface area (Å²) in [7, 11) is 4.26. The summed E-state index contributed by atoms with van der Waals surface area (Å²) >= 11 is 0. The van der Waals surface area contributed by atoms with Gasteiger partial charge in [-0.05, 0) is 37.5 Å². The Kier molecular flexibility index (Phi) is 4.89. The second-order valence-corrected chi connectivity index (χ2v) is 5.91. The molecule has 1 saturated heterocycles. The van der Waals surface area contributed by atoms with E-state index in [1.807, 2.05) is 0 Å². The fraction of sp³-hybridized carbons (Fsp3) is 0.368. The fourth-order valence-corrected chi connectivity index (χ4v) is 2.63. The summed E-state index contributed by atoms with van der Waals surface area (Å²) < 4.78 is 0. The van der Waals surface area contributed by atoms with Gasteiger partial charge in [-0.15, -0.1) is 0 Å². The third-order valence-electron chi connectivity index (χ3n) is 4.12. The largest absolute Gasteiger partial charge is 0.373 e.